The maximum absolute atomic E-state index is 12.6. The van der Waals surface area contributed by atoms with E-state index in [0.717, 1.165) is 44.5 Å². The van der Waals surface area contributed by atoms with Crippen molar-refractivity contribution in [3.05, 3.63) is 42.0 Å². The molecule has 4 heteroatoms. The van der Waals surface area contributed by atoms with Crippen molar-refractivity contribution in [2.45, 2.75) is 51.6 Å². The van der Waals surface area contributed by atoms with E-state index in [1.165, 1.54) is 24.0 Å². The number of carbonyl (C=O) groups excluding carboxylic acids is 1. The molecule has 3 fully saturated rings. The van der Waals surface area contributed by atoms with E-state index in [1.807, 2.05) is 12.1 Å². The van der Waals surface area contributed by atoms with Crippen molar-refractivity contribution in [1.82, 2.24) is 0 Å². The van der Waals surface area contributed by atoms with Crippen LogP contribution in [0.1, 0.15) is 44.6 Å². The SMILES string of the molecule is C=C1CCC[C@]2(C)C[C@H]3OC(=O)[C@@H](C[NH2+]CCc4ccc(OC)cc4)[C@H]3C[C@H]12. The average Bonchev–Trinajstić information content (AvgIpc) is 2.98. The largest absolute Gasteiger partial charge is 0.497 e. The first-order valence-corrected chi connectivity index (χ1v) is 10.8. The zero-order valence-corrected chi connectivity index (χ0v) is 17.3. The Hall–Kier alpha value is -1.81. The Balaban J connectivity index is 1.32. The first-order chi connectivity index (χ1) is 13.5. The number of methoxy groups -OCH3 is 1. The van der Waals surface area contributed by atoms with E-state index < -0.39 is 0 Å². The normalized spacial score (nSPS) is 34.5. The van der Waals surface area contributed by atoms with Crippen LogP contribution in [-0.4, -0.2) is 32.3 Å². The number of esters is 1. The van der Waals surface area contributed by atoms with Gasteiger partial charge in [-0.1, -0.05) is 31.2 Å². The number of hydrogen-bond acceptors (Lipinski definition) is 3. The summed E-state index contributed by atoms with van der Waals surface area (Å²) >= 11 is 0. The molecule has 1 saturated heterocycles. The lowest BCUT2D eigenvalue weighted by atomic mass is 9.55. The Morgan fingerprint density at radius 1 is 1.32 bits per heavy atom. The molecule has 0 bridgehead atoms. The van der Waals surface area contributed by atoms with Gasteiger partial charge < -0.3 is 14.8 Å². The highest BCUT2D eigenvalue weighted by molar-refractivity contribution is 5.75. The second-order valence-electron chi connectivity index (χ2n) is 9.32. The van der Waals surface area contributed by atoms with Gasteiger partial charge in [0.1, 0.15) is 17.8 Å². The predicted octanol–water partition coefficient (Wildman–Crippen LogP) is 3.12. The lowest BCUT2D eigenvalue weighted by Gasteiger charge is -2.49. The lowest BCUT2D eigenvalue weighted by molar-refractivity contribution is -0.658. The van der Waals surface area contributed by atoms with Crippen molar-refractivity contribution in [3.8, 4) is 5.75 Å². The topological polar surface area (TPSA) is 52.1 Å². The molecule has 2 N–H and O–H groups in total. The minimum Gasteiger partial charge on any atom is -0.497 e. The maximum atomic E-state index is 12.6. The number of quaternary nitrogens is 1. The number of nitrogens with two attached hydrogens (primary N) is 1. The molecule has 4 rings (SSSR count). The van der Waals surface area contributed by atoms with Crippen molar-refractivity contribution in [1.29, 1.82) is 0 Å². The van der Waals surface area contributed by atoms with Gasteiger partial charge in [-0.15, -0.1) is 0 Å². The summed E-state index contributed by atoms with van der Waals surface area (Å²) in [4.78, 5) is 12.6. The van der Waals surface area contributed by atoms with E-state index in [4.69, 9.17) is 9.47 Å². The highest BCUT2D eigenvalue weighted by Crippen LogP contribution is 2.56. The Morgan fingerprint density at radius 3 is 2.86 bits per heavy atom. The van der Waals surface area contributed by atoms with Gasteiger partial charge in [-0.2, -0.15) is 0 Å². The smallest absolute Gasteiger partial charge is 0.315 e. The maximum Gasteiger partial charge on any atom is 0.315 e. The molecule has 1 heterocycles. The van der Waals surface area contributed by atoms with Gasteiger partial charge >= 0.3 is 5.97 Å². The van der Waals surface area contributed by atoms with E-state index in [0.29, 0.717) is 11.8 Å². The number of benzene rings is 1. The van der Waals surface area contributed by atoms with Crippen molar-refractivity contribution < 1.29 is 19.6 Å². The van der Waals surface area contributed by atoms with Gasteiger partial charge in [0.25, 0.3) is 0 Å². The standard InChI is InChI=1S/C24H33NO3/c1-16-5-4-11-24(2)14-22-19(13-21(16)24)20(23(26)28-22)15-25-12-10-17-6-8-18(27-3)9-7-17/h6-9,19-22,25H,1,4-5,10-15H2,2-3H3/p+1/t19-,20+,21-,22-,24-/m1/s1. The third kappa shape index (κ3) is 3.71. The van der Waals surface area contributed by atoms with Crippen LogP contribution >= 0.6 is 0 Å². The van der Waals surface area contributed by atoms with Crippen LogP contribution in [0.25, 0.3) is 0 Å². The molecule has 152 valence electrons. The van der Waals surface area contributed by atoms with Gasteiger partial charge in [0, 0.05) is 12.3 Å². The molecule has 4 nitrogen and oxygen atoms in total. The monoisotopic (exact) mass is 384 g/mol. The first kappa shape index (κ1) is 19.5. The molecule has 0 aromatic heterocycles. The molecule has 3 aliphatic rings. The molecule has 5 atom stereocenters. The first-order valence-electron chi connectivity index (χ1n) is 10.8. The molecule has 1 aliphatic heterocycles. The van der Waals surface area contributed by atoms with Gasteiger partial charge in [0.15, 0.2) is 0 Å². The average molecular weight is 385 g/mol. The molecule has 2 saturated carbocycles. The summed E-state index contributed by atoms with van der Waals surface area (Å²) in [6.45, 7) is 8.60. The molecule has 1 aromatic carbocycles. The molecule has 1 aromatic rings. The molecular formula is C24H34NO3+. The summed E-state index contributed by atoms with van der Waals surface area (Å²) in [6, 6.07) is 8.24. The van der Waals surface area contributed by atoms with Crippen LogP contribution in [0.5, 0.6) is 5.75 Å². The number of rotatable bonds is 6. The van der Waals surface area contributed by atoms with Crippen molar-refractivity contribution in [2.24, 2.45) is 23.2 Å². The van der Waals surface area contributed by atoms with Crippen molar-refractivity contribution in [3.63, 3.8) is 0 Å². The van der Waals surface area contributed by atoms with E-state index in [-0.39, 0.29) is 23.4 Å². The third-order valence-electron chi connectivity index (χ3n) is 7.54. The fraction of sp³-hybridized carbons (Fsp3) is 0.625. The van der Waals surface area contributed by atoms with E-state index in [2.05, 4.69) is 31.0 Å². The Kier molecular flexibility index (Phi) is 5.50. The number of hydrogen-bond donors (Lipinski definition) is 1. The number of ether oxygens (including phenoxy) is 2. The zero-order chi connectivity index (χ0) is 19.7. The molecular weight excluding hydrogens is 350 g/mol. The van der Waals surface area contributed by atoms with E-state index in [1.54, 1.807) is 7.11 Å². The van der Waals surface area contributed by atoms with Gasteiger partial charge in [0.2, 0.25) is 0 Å². The van der Waals surface area contributed by atoms with Gasteiger partial charge in [-0.25, -0.2) is 0 Å². The summed E-state index contributed by atoms with van der Waals surface area (Å²) in [5, 5.41) is 2.29. The summed E-state index contributed by atoms with van der Waals surface area (Å²) in [7, 11) is 1.69. The Labute approximate surface area is 168 Å². The molecule has 2 aliphatic carbocycles. The fourth-order valence-electron chi connectivity index (χ4n) is 5.88. The number of carbonyl (C=O) groups is 1. The third-order valence-corrected chi connectivity index (χ3v) is 7.54. The zero-order valence-electron chi connectivity index (χ0n) is 17.3. The summed E-state index contributed by atoms with van der Waals surface area (Å²) < 4.78 is 11.1. The van der Waals surface area contributed by atoms with Crippen LogP contribution in [0.3, 0.4) is 0 Å². The minimum absolute atomic E-state index is 0.0311. The number of allylic oxidation sites excluding steroid dienone is 1. The van der Waals surface area contributed by atoms with Crippen molar-refractivity contribution >= 4 is 5.97 Å². The highest BCUT2D eigenvalue weighted by atomic mass is 16.6. The fourth-order valence-corrected chi connectivity index (χ4v) is 5.88. The Morgan fingerprint density at radius 2 is 2.11 bits per heavy atom. The summed E-state index contributed by atoms with van der Waals surface area (Å²) in [6.07, 6.45) is 6.87. The van der Waals surface area contributed by atoms with Crippen LogP contribution in [-0.2, 0) is 16.0 Å². The molecule has 0 unspecified atom stereocenters. The van der Waals surface area contributed by atoms with Crippen LogP contribution < -0.4 is 10.1 Å². The predicted molar refractivity (Wildman–Crippen MR) is 109 cm³/mol. The molecule has 28 heavy (non-hydrogen) atoms. The van der Waals surface area contributed by atoms with Gasteiger partial charge in [0.05, 0.1) is 20.2 Å². The second kappa shape index (κ2) is 7.90. The van der Waals surface area contributed by atoms with E-state index >= 15 is 0 Å². The second-order valence-corrected chi connectivity index (χ2v) is 9.32. The summed E-state index contributed by atoms with van der Waals surface area (Å²) in [5.74, 6) is 1.90. The lowest BCUT2D eigenvalue weighted by Crippen LogP contribution is -2.86. The van der Waals surface area contributed by atoms with Crippen LogP contribution in [0, 0.1) is 23.2 Å². The van der Waals surface area contributed by atoms with Crippen LogP contribution in [0.4, 0.5) is 0 Å². The van der Waals surface area contributed by atoms with Crippen LogP contribution in [0.15, 0.2) is 36.4 Å². The quantitative estimate of drug-likeness (QED) is 0.466. The van der Waals surface area contributed by atoms with E-state index in [9.17, 15) is 4.79 Å². The van der Waals surface area contributed by atoms with Crippen molar-refractivity contribution in [2.75, 3.05) is 20.2 Å². The van der Waals surface area contributed by atoms with Crippen LogP contribution in [0.2, 0.25) is 0 Å². The molecule has 0 spiro atoms. The molecule has 0 amide bonds. The Bertz CT molecular complexity index is 728. The minimum atomic E-state index is 0.0311. The van der Waals surface area contributed by atoms with Gasteiger partial charge in [-0.05, 0) is 61.1 Å². The highest BCUT2D eigenvalue weighted by Gasteiger charge is 2.55. The summed E-state index contributed by atoms with van der Waals surface area (Å²) in [5.41, 5.74) is 2.99. The molecule has 0 radical (unpaired) electrons. The number of fused-ring (bicyclic) bond motifs is 2. The van der Waals surface area contributed by atoms with Gasteiger partial charge in [-0.3, -0.25) is 4.79 Å².